The molecule has 1 saturated heterocycles. The van der Waals surface area contributed by atoms with Gasteiger partial charge in [-0.05, 0) is 55.6 Å². The van der Waals surface area contributed by atoms with Crippen LogP contribution in [0.15, 0.2) is 65.7 Å². The van der Waals surface area contributed by atoms with Gasteiger partial charge in [0.15, 0.2) is 5.96 Å². The zero-order valence-electron chi connectivity index (χ0n) is 29.8. The Morgan fingerprint density at radius 3 is 2.02 bits per heavy atom. The first-order valence-electron chi connectivity index (χ1n) is 17.8. The fourth-order valence-electron chi connectivity index (χ4n) is 6.29. The molecule has 0 bridgehead atoms. The van der Waals surface area contributed by atoms with Gasteiger partial charge in [0.1, 0.15) is 23.7 Å². The second-order valence-electron chi connectivity index (χ2n) is 13.8. The summed E-state index contributed by atoms with van der Waals surface area (Å²) in [5.74, 6) is -2.31. The van der Waals surface area contributed by atoms with Crippen LogP contribution in [0, 0.1) is 5.92 Å². The van der Waals surface area contributed by atoms with Gasteiger partial charge in [-0.15, -0.1) is 0 Å². The highest BCUT2D eigenvalue weighted by molar-refractivity contribution is 5.95. The molecule has 15 nitrogen and oxygen atoms in total. The van der Waals surface area contributed by atoms with E-state index in [1.54, 1.807) is 0 Å². The van der Waals surface area contributed by atoms with E-state index in [9.17, 15) is 24.0 Å². The molecule has 11 N–H and O–H groups in total. The molecular weight excluding hydrogens is 666 g/mol. The zero-order valence-corrected chi connectivity index (χ0v) is 29.8. The topological polar surface area (TPSA) is 250 Å². The average Bonchev–Trinajstić information content (AvgIpc) is 3.88. The molecular formula is C37H53N9O6. The van der Waals surface area contributed by atoms with E-state index in [0.29, 0.717) is 25.2 Å². The maximum Gasteiger partial charge on any atom is 0.327 e. The van der Waals surface area contributed by atoms with Gasteiger partial charge >= 0.3 is 5.97 Å². The van der Waals surface area contributed by atoms with E-state index in [2.05, 4.69) is 20.9 Å². The summed E-state index contributed by atoms with van der Waals surface area (Å²) in [5.41, 5.74) is 23.8. The number of amides is 4. The van der Waals surface area contributed by atoms with Gasteiger partial charge in [0.2, 0.25) is 23.6 Å². The molecule has 1 saturated carbocycles. The quantitative estimate of drug-likeness (QED) is 0.0428. The van der Waals surface area contributed by atoms with Crippen molar-refractivity contribution in [2.24, 2.45) is 33.8 Å². The van der Waals surface area contributed by atoms with Crippen LogP contribution in [0.4, 0.5) is 0 Å². The molecule has 2 aromatic carbocycles. The Morgan fingerprint density at radius 1 is 0.846 bits per heavy atom. The van der Waals surface area contributed by atoms with E-state index >= 15 is 0 Å². The van der Waals surface area contributed by atoms with Gasteiger partial charge in [0.25, 0.3) is 0 Å². The van der Waals surface area contributed by atoms with Crippen molar-refractivity contribution < 1.29 is 28.7 Å². The molecule has 52 heavy (non-hydrogen) atoms. The highest BCUT2D eigenvalue weighted by Crippen LogP contribution is 2.34. The van der Waals surface area contributed by atoms with Crippen LogP contribution in [0.5, 0.6) is 0 Å². The minimum absolute atomic E-state index is 0.0755. The lowest BCUT2D eigenvalue weighted by Gasteiger charge is -2.28. The number of aliphatic imine (C=N–C) groups is 1. The fourth-order valence-corrected chi connectivity index (χ4v) is 6.29. The summed E-state index contributed by atoms with van der Waals surface area (Å²) in [4.78, 5) is 72.9. The Hall–Kier alpha value is -5.02. The number of ether oxygens (including phenoxy) is 1. The van der Waals surface area contributed by atoms with Crippen LogP contribution in [0.25, 0.3) is 0 Å². The number of carbonyl (C=O) groups is 5. The summed E-state index contributed by atoms with van der Waals surface area (Å²) in [6, 6.07) is 14.6. The van der Waals surface area contributed by atoms with Crippen LogP contribution >= 0.6 is 0 Å². The van der Waals surface area contributed by atoms with Gasteiger partial charge in [-0.2, -0.15) is 0 Å². The van der Waals surface area contributed by atoms with Crippen molar-refractivity contribution in [2.75, 3.05) is 26.7 Å². The van der Waals surface area contributed by atoms with Gasteiger partial charge in [-0.3, -0.25) is 24.2 Å². The molecule has 2 aliphatic rings. The third kappa shape index (κ3) is 12.0. The van der Waals surface area contributed by atoms with Crippen molar-refractivity contribution >= 4 is 35.6 Å². The lowest BCUT2D eigenvalue weighted by Crippen LogP contribution is -2.59. The summed E-state index contributed by atoms with van der Waals surface area (Å²) in [6.07, 6.45) is 4.28. The maximum absolute atomic E-state index is 14.0. The van der Waals surface area contributed by atoms with E-state index in [-0.39, 0.29) is 51.3 Å². The third-order valence-electron chi connectivity index (χ3n) is 9.51. The molecule has 1 aliphatic carbocycles. The lowest BCUT2D eigenvalue weighted by molar-refractivity contribution is -0.147. The summed E-state index contributed by atoms with van der Waals surface area (Å²) in [6.45, 7) is 0.341. The fraction of sp³-hybridized carbons (Fsp3) is 0.514. The van der Waals surface area contributed by atoms with Crippen LogP contribution in [-0.2, 0) is 41.6 Å². The van der Waals surface area contributed by atoms with E-state index in [4.69, 9.17) is 27.7 Å². The van der Waals surface area contributed by atoms with Gasteiger partial charge in [-0.25, -0.2) is 4.79 Å². The first-order chi connectivity index (χ1) is 24.9. The molecule has 0 aromatic heterocycles. The minimum Gasteiger partial charge on any atom is -0.468 e. The Morgan fingerprint density at radius 2 is 1.42 bits per heavy atom. The molecule has 1 aliphatic heterocycles. The molecule has 1 unspecified atom stereocenters. The number of nitrogens with two attached hydrogens (primary N) is 4. The minimum atomic E-state index is -1.36. The van der Waals surface area contributed by atoms with Gasteiger partial charge in [-0.1, -0.05) is 73.5 Å². The third-order valence-corrected chi connectivity index (χ3v) is 9.51. The van der Waals surface area contributed by atoms with Crippen LogP contribution in [0.2, 0.25) is 0 Å². The van der Waals surface area contributed by atoms with E-state index in [1.807, 2.05) is 60.7 Å². The molecule has 2 aromatic rings. The second kappa shape index (κ2) is 19.0. The van der Waals surface area contributed by atoms with Crippen molar-refractivity contribution in [3.63, 3.8) is 0 Å². The smallest absolute Gasteiger partial charge is 0.327 e. The number of hydrogen-bond acceptors (Lipinski definition) is 9. The Bertz CT molecular complexity index is 1550. The molecule has 2 fully saturated rings. The van der Waals surface area contributed by atoms with E-state index in [1.165, 1.54) is 12.0 Å². The molecule has 282 valence electrons. The maximum atomic E-state index is 14.0. The largest absolute Gasteiger partial charge is 0.468 e. The number of nitrogens with zero attached hydrogens (tertiary/aromatic N) is 2. The molecule has 15 heteroatoms. The number of hydrogen-bond donors (Lipinski definition) is 7. The Balaban J connectivity index is 1.51. The SMILES string of the molecule is COC(=O)C1(N)CCN(C(=O)[C@@H](CCCN=C(N)N)NC(=O)[C@@H](CCC2CC2)NC(=O)[C@@H](Cc2ccccc2)NC(=O)[C@H](N)Cc2ccccc2)C1. The molecule has 0 spiro atoms. The van der Waals surface area contributed by atoms with Crippen LogP contribution < -0.4 is 38.9 Å². The summed E-state index contributed by atoms with van der Waals surface area (Å²) < 4.78 is 4.85. The van der Waals surface area contributed by atoms with Crippen molar-refractivity contribution in [1.82, 2.24) is 20.9 Å². The number of benzene rings is 2. The molecule has 1 heterocycles. The monoisotopic (exact) mass is 719 g/mol. The predicted molar refractivity (Wildman–Crippen MR) is 196 cm³/mol. The van der Waals surface area contributed by atoms with Crippen LogP contribution in [-0.4, -0.2) is 96.9 Å². The summed E-state index contributed by atoms with van der Waals surface area (Å²) in [7, 11) is 1.24. The van der Waals surface area contributed by atoms with Crippen LogP contribution in [0.1, 0.15) is 56.1 Å². The van der Waals surface area contributed by atoms with Gasteiger partial charge in [0.05, 0.1) is 13.2 Å². The number of rotatable bonds is 19. The number of guanidine groups is 1. The normalized spacial score (nSPS) is 19.0. The van der Waals surface area contributed by atoms with Gasteiger partial charge < -0.3 is 48.5 Å². The standard InChI is InChI=1S/C37H53N9O6/c1-52-35(51)37(41)18-20-46(23-37)34(50)29(13-8-19-42-36(39)40)44-32(48)28(17-16-24-14-15-24)43-33(49)30(22-26-11-6-3-7-12-26)45-31(47)27(38)21-25-9-4-2-5-10-25/h2-7,9-12,24,27-30H,8,13-23,38,41H2,1H3,(H,43,49)(H,44,48)(H,45,47)(H4,39,40,42)/t27-,28-,29-,30-,37?/m1/s1. The number of likely N-dealkylation sites (tertiary alicyclic amines) is 1. The molecule has 4 amide bonds. The summed E-state index contributed by atoms with van der Waals surface area (Å²) >= 11 is 0. The number of carbonyl (C=O) groups excluding carboxylic acids is 5. The van der Waals surface area contributed by atoms with Crippen molar-refractivity contribution in [3.8, 4) is 0 Å². The lowest BCUT2D eigenvalue weighted by atomic mass is 10.0. The van der Waals surface area contributed by atoms with E-state index < -0.39 is 59.3 Å². The molecule has 0 radical (unpaired) electrons. The number of methoxy groups -OCH3 is 1. The molecule has 4 rings (SSSR count). The number of nitrogens with one attached hydrogen (secondary N) is 3. The van der Waals surface area contributed by atoms with Gasteiger partial charge in [0, 0.05) is 26.1 Å². The average molecular weight is 720 g/mol. The highest BCUT2D eigenvalue weighted by Gasteiger charge is 2.45. The number of esters is 1. The zero-order chi connectivity index (χ0) is 37.7. The highest BCUT2D eigenvalue weighted by atomic mass is 16.5. The van der Waals surface area contributed by atoms with Crippen molar-refractivity contribution in [1.29, 1.82) is 0 Å². The van der Waals surface area contributed by atoms with Crippen LogP contribution in [0.3, 0.4) is 0 Å². The first-order valence-corrected chi connectivity index (χ1v) is 17.8. The predicted octanol–water partition coefficient (Wildman–Crippen LogP) is -0.400. The first kappa shape index (κ1) is 39.8. The molecule has 5 atom stereocenters. The Kier molecular flexibility index (Phi) is 14.5. The Labute approximate surface area is 304 Å². The second-order valence-corrected chi connectivity index (χ2v) is 13.8. The summed E-state index contributed by atoms with van der Waals surface area (Å²) in [5, 5.41) is 8.55. The van der Waals surface area contributed by atoms with E-state index in [0.717, 1.165) is 24.0 Å². The van der Waals surface area contributed by atoms with Crippen molar-refractivity contribution in [3.05, 3.63) is 71.8 Å². The van der Waals surface area contributed by atoms with Crippen molar-refractivity contribution in [2.45, 2.75) is 87.5 Å².